The van der Waals surface area contributed by atoms with Crippen LogP contribution in [0.2, 0.25) is 0 Å². The monoisotopic (exact) mass is 432 g/mol. The second-order valence-electron chi connectivity index (χ2n) is 7.92. The molecule has 0 N–H and O–H groups in total. The molecule has 0 radical (unpaired) electrons. The lowest BCUT2D eigenvalue weighted by Crippen LogP contribution is -2.02. The molecular weight excluding hydrogens is 416 g/mol. The lowest BCUT2D eigenvalue weighted by Gasteiger charge is -2.11. The highest BCUT2D eigenvalue weighted by Gasteiger charge is 2.34. The summed E-state index contributed by atoms with van der Waals surface area (Å²) in [6, 6.07) is 23.4. The molecule has 33 heavy (non-hydrogen) atoms. The normalized spacial score (nSPS) is 12.1. The Hall–Kier alpha value is -4.65. The first-order chi connectivity index (χ1) is 16.0. The van der Waals surface area contributed by atoms with Crippen molar-refractivity contribution in [2.24, 2.45) is 0 Å². The molecule has 0 bridgehead atoms. The topological polar surface area (TPSA) is 90.9 Å². The zero-order chi connectivity index (χ0) is 22.7. The summed E-state index contributed by atoms with van der Waals surface area (Å²) in [6.07, 6.45) is 0. The van der Waals surface area contributed by atoms with Crippen LogP contribution in [0.3, 0.4) is 0 Å². The summed E-state index contributed by atoms with van der Waals surface area (Å²) in [6.45, 7) is 1.86. The van der Waals surface area contributed by atoms with Crippen molar-refractivity contribution in [2.45, 2.75) is 6.92 Å². The maximum absolute atomic E-state index is 13.5. The molecule has 158 valence electrons. The second kappa shape index (κ2) is 6.93. The number of non-ortho nitro benzene ring substituents is 1. The molecule has 3 aromatic carbocycles. The van der Waals surface area contributed by atoms with Gasteiger partial charge in [0.1, 0.15) is 0 Å². The number of para-hydroxylation sites is 1. The third-order valence-corrected chi connectivity index (χ3v) is 5.99. The van der Waals surface area contributed by atoms with Gasteiger partial charge in [-0.05, 0) is 24.6 Å². The molecule has 2 heterocycles. The smallest absolute Gasteiger partial charge is 0.270 e. The van der Waals surface area contributed by atoms with E-state index in [4.69, 9.17) is 10.1 Å². The molecule has 0 amide bonds. The number of rotatable bonds is 3. The van der Waals surface area contributed by atoms with E-state index in [9.17, 15) is 14.9 Å². The number of benzene rings is 3. The zero-order valence-corrected chi connectivity index (χ0v) is 17.5. The number of nitrogens with zero attached hydrogens (tertiary/aromatic N) is 4. The van der Waals surface area contributed by atoms with Crippen LogP contribution < -0.4 is 0 Å². The summed E-state index contributed by atoms with van der Waals surface area (Å²) < 4.78 is 1.76. The number of nitro groups is 1. The fraction of sp³-hybridized carbons (Fsp3) is 0.0385. The minimum atomic E-state index is -0.432. The minimum Gasteiger partial charge on any atom is -0.288 e. The predicted molar refractivity (Wildman–Crippen MR) is 125 cm³/mol. The van der Waals surface area contributed by atoms with Crippen LogP contribution in [0.1, 0.15) is 21.6 Å². The van der Waals surface area contributed by atoms with Crippen molar-refractivity contribution in [3.05, 3.63) is 106 Å². The van der Waals surface area contributed by atoms with Crippen molar-refractivity contribution < 1.29 is 9.72 Å². The Bertz CT molecular complexity index is 1620. The van der Waals surface area contributed by atoms with Gasteiger partial charge in [-0.15, -0.1) is 0 Å². The van der Waals surface area contributed by atoms with Gasteiger partial charge in [-0.3, -0.25) is 14.9 Å². The molecule has 0 unspecified atom stereocenters. The predicted octanol–water partition coefficient (Wildman–Crippen LogP) is 5.52. The second-order valence-corrected chi connectivity index (χ2v) is 7.92. The number of hydrogen-bond acceptors (Lipinski definition) is 5. The van der Waals surface area contributed by atoms with E-state index in [1.807, 2.05) is 55.5 Å². The molecule has 0 spiro atoms. The van der Waals surface area contributed by atoms with Crippen LogP contribution in [0.15, 0.2) is 78.9 Å². The number of nitro benzene ring substituents is 1. The molecule has 7 heteroatoms. The van der Waals surface area contributed by atoms with Crippen LogP contribution >= 0.6 is 0 Å². The molecule has 0 atom stereocenters. The number of pyridine rings is 1. The van der Waals surface area contributed by atoms with E-state index in [1.165, 1.54) is 12.1 Å². The van der Waals surface area contributed by atoms with Gasteiger partial charge in [-0.1, -0.05) is 54.6 Å². The van der Waals surface area contributed by atoms with Crippen molar-refractivity contribution >= 4 is 22.5 Å². The molecule has 0 saturated carbocycles. The molecule has 2 aromatic heterocycles. The lowest BCUT2D eigenvalue weighted by molar-refractivity contribution is -0.384. The van der Waals surface area contributed by atoms with Crippen molar-refractivity contribution in [3.8, 4) is 28.1 Å². The average Bonchev–Trinajstić information content (AvgIpc) is 3.33. The van der Waals surface area contributed by atoms with Crippen LogP contribution in [-0.4, -0.2) is 25.5 Å². The fourth-order valence-corrected chi connectivity index (χ4v) is 4.57. The van der Waals surface area contributed by atoms with Gasteiger partial charge in [-0.25, -0.2) is 9.67 Å². The summed E-state index contributed by atoms with van der Waals surface area (Å²) >= 11 is 0. The van der Waals surface area contributed by atoms with Gasteiger partial charge < -0.3 is 0 Å². The van der Waals surface area contributed by atoms with Gasteiger partial charge in [0.15, 0.2) is 11.4 Å². The number of fused-ring (bicyclic) bond motifs is 4. The van der Waals surface area contributed by atoms with E-state index in [0.717, 1.165) is 11.3 Å². The van der Waals surface area contributed by atoms with E-state index >= 15 is 0 Å². The Labute approximate surface area is 188 Å². The third kappa shape index (κ3) is 2.72. The van der Waals surface area contributed by atoms with Crippen molar-refractivity contribution in [1.29, 1.82) is 0 Å². The summed E-state index contributed by atoms with van der Waals surface area (Å²) in [7, 11) is 0. The highest BCUT2D eigenvalue weighted by molar-refractivity contribution is 6.26. The van der Waals surface area contributed by atoms with E-state index in [0.29, 0.717) is 44.7 Å². The summed E-state index contributed by atoms with van der Waals surface area (Å²) in [5.41, 5.74) is 5.66. The van der Waals surface area contributed by atoms with Crippen LogP contribution in [0.4, 0.5) is 5.69 Å². The van der Waals surface area contributed by atoms with E-state index < -0.39 is 4.92 Å². The molecule has 0 aliphatic heterocycles. The first kappa shape index (κ1) is 19.1. The number of aryl methyl sites for hydroxylation is 1. The zero-order valence-electron chi connectivity index (χ0n) is 17.5. The summed E-state index contributed by atoms with van der Waals surface area (Å²) in [4.78, 5) is 29.5. The molecule has 1 aliphatic carbocycles. The van der Waals surface area contributed by atoms with Gasteiger partial charge in [0, 0.05) is 28.8 Å². The molecular formula is C26H16N4O3. The Kier molecular flexibility index (Phi) is 4.00. The molecule has 6 rings (SSSR count). The maximum Gasteiger partial charge on any atom is 0.270 e. The first-order valence-electron chi connectivity index (χ1n) is 10.4. The molecule has 5 aromatic rings. The number of ketones is 1. The van der Waals surface area contributed by atoms with Gasteiger partial charge in [0.05, 0.1) is 32.9 Å². The molecule has 1 aliphatic rings. The Morgan fingerprint density at radius 2 is 1.61 bits per heavy atom. The summed E-state index contributed by atoms with van der Waals surface area (Å²) in [5, 5.41) is 16.9. The highest BCUT2D eigenvalue weighted by Crippen LogP contribution is 2.45. The van der Waals surface area contributed by atoms with Gasteiger partial charge in [0.2, 0.25) is 0 Å². The van der Waals surface area contributed by atoms with Gasteiger partial charge in [0.25, 0.3) is 5.69 Å². The van der Waals surface area contributed by atoms with Crippen molar-refractivity contribution in [2.75, 3.05) is 0 Å². The maximum atomic E-state index is 13.5. The molecule has 0 saturated heterocycles. The molecule has 0 fully saturated rings. The fourth-order valence-electron chi connectivity index (χ4n) is 4.57. The summed E-state index contributed by atoms with van der Waals surface area (Å²) in [5.74, 6) is -0.136. The lowest BCUT2D eigenvalue weighted by atomic mass is 9.94. The van der Waals surface area contributed by atoms with Crippen molar-refractivity contribution in [1.82, 2.24) is 14.8 Å². The Morgan fingerprint density at radius 1 is 0.879 bits per heavy atom. The average molecular weight is 432 g/mol. The van der Waals surface area contributed by atoms with Gasteiger partial charge >= 0.3 is 0 Å². The minimum absolute atomic E-state index is 0.0396. The number of carbonyl (C=O) groups excluding carboxylic acids is 1. The van der Waals surface area contributed by atoms with Crippen LogP contribution in [0.5, 0.6) is 0 Å². The number of aromatic nitrogens is 3. The Balaban J connectivity index is 1.78. The van der Waals surface area contributed by atoms with Crippen LogP contribution in [0.25, 0.3) is 39.1 Å². The third-order valence-electron chi connectivity index (χ3n) is 5.99. The largest absolute Gasteiger partial charge is 0.288 e. The Morgan fingerprint density at radius 3 is 2.36 bits per heavy atom. The van der Waals surface area contributed by atoms with Crippen LogP contribution in [0, 0.1) is 17.0 Å². The van der Waals surface area contributed by atoms with E-state index in [-0.39, 0.29) is 11.5 Å². The number of hydrogen-bond donors (Lipinski definition) is 0. The standard InChI is InChI=1S/C26H16N4O3/c1-15-21-22(16-8-7-11-18(14-16)30(32)33)23-24(19-12-5-6-13-20(19)25(23)31)27-26(21)29(28-15)17-9-3-2-4-10-17/h2-14H,1H3. The van der Waals surface area contributed by atoms with Gasteiger partial charge in [-0.2, -0.15) is 5.10 Å². The SMILES string of the molecule is Cc1nn(-c2ccccc2)c2nc3c(c(-c4cccc([N+](=O)[O-])c4)c12)C(=O)c1ccccc1-3. The molecule has 7 nitrogen and oxygen atoms in total. The first-order valence-corrected chi connectivity index (χ1v) is 10.4. The number of carbonyl (C=O) groups is 1. The van der Waals surface area contributed by atoms with E-state index in [2.05, 4.69) is 0 Å². The van der Waals surface area contributed by atoms with Crippen LogP contribution in [-0.2, 0) is 0 Å². The van der Waals surface area contributed by atoms with E-state index in [1.54, 1.807) is 22.9 Å². The van der Waals surface area contributed by atoms with Crippen molar-refractivity contribution in [3.63, 3.8) is 0 Å². The quantitative estimate of drug-likeness (QED) is 0.271. The highest BCUT2D eigenvalue weighted by atomic mass is 16.6.